The SMILES string of the molecule is CCOC(C)CNC(=O)c1ccc(CCN)cc1. The van der Waals surface area contributed by atoms with Crippen LogP contribution in [0.1, 0.15) is 29.8 Å². The van der Waals surface area contributed by atoms with Crippen LogP contribution in [-0.2, 0) is 11.2 Å². The van der Waals surface area contributed by atoms with Gasteiger partial charge in [-0.15, -0.1) is 0 Å². The molecule has 4 nitrogen and oxygen atoms in total. The fraction of sp³-hybridized carbons (Fsp3) is 0.500. The van der Waals surface area contributed by atoms with E-state index in [2.05, 4.69) is 5.32 Å². The number of carbonyl (C=O) groups excluding carboxylic acids is 1. The number of nitrogens with one attached hydrogen (secondary N) is 1. The van der Waals surface area contributed by atoms with Gasteiger partial charge in [0.05, 0.1) is 6.10 Å². The zero-order valence-corrected chi connectivity index (χ0v) is 11.1. The van der Waals surface area contributed by atoms with Crippen molar-refractivity contribution in [3.05, 3.63) is 35.4 Å². The normalized spacial score (nSPS) is 12.2. The lowest BCUT2D eigenvalue weighted by atomic mass is 10.1. The van der Waals surface area contributed by atoms with Crippen LogP contribution in [0.5, 0.6) is 0 Å². The molecule has 0 aliphatic heterocycles. The highest BCUT2D eigenvalue weighted by Crippen LogP contribution is 2.04. The van der Waals surface area contributed by atoms with Crippen molar-refractivity contribution in [2.45, 2.75) is 26.4 Å². The van der Waals surface area contributed by atoms with Gasteiger partial charge in [-0.05, 0) is 44.5 Å². The molecule has 1 amide bonds. The molecular weight excluding hydrogens is 228 g/mol. The highest BCUT2D eigenvalue weighted by Gasteiger charge is 2.07. The number of rotatable bonds is 7. The zero-order valence-electron chi connectivity index (χ0n) is 11.1. The van der Waals surface area contributed by atoms with E-state index in [0.29, 0.717) is 25.3 Å². The maximum Gasteiger partial charge on any atom is 0.251 e. The molecule has 100 valence electrons. The number of amides is 1. The van der Waals surface area contributed by atoms with Crippen LogP contribution in [0.25, 0.3) is 0 Å². The van der Waals surface area contributed by atoms with E-state index in [9.17, 15) is 4.79 Å². The first-order chi connectivity index (χ1) is 8.67. The minimum absolute atomic E-state index is 0.0375. The minimum Gasteiger partial charge on any atom is -0.377 e. The van der Waals surface area contributed by atoms with E-state index in [-0.39, 0.29) is 12.0 Å². The van der Waals surface area contributed by atoms with Crippen LogP contribution < -0.4 is 11.1 Å². The molecule has 1 unspecified atom stereocenters. The number of ether oxygens (including phenoxy) is 1. The first-order valence-corrected chi connectivity index (χ1v) is 6.36. The maximum absolute atomic E-state index is 11.8. The van der Waals surface area contributed by atoms with Crippen LogP contribution in [0.4, 0.5) is 0 Å². The monoisotopic (exact) mass is 250 g/mol. The Kier molecular flexibility index (Phi) is 6.39. The summed E-state index contributed by atoms with van der Waals surface area (Å²) < 4.78 is 5.35. The molecule has 0 saturated carbocycles. The largest absolute Gasteiger partial charge is 0.377 e. The Bertz CT molecular complexity index is 363. The van der Waals surface area contributed by atoms with Gasteiger partial charge in [0.2, 0.25) is 0 Å². The molecule has 0 radical (unpaired) electrons. The van der Waals surface area contributed by atoms with E-state index >= 15 is 0 Å². The molecule has 0 heterocycles. The fourth-order valence-electron chi connectivity index (χ4n) is 1.67. The van der Waals surface area contributed by atoms with Crippen molar-refractivity contribution in [2.24, 2.45) is 5.73 Å². The average molecular weight is 250 g/mol. The van der Waals surface area contributed by atoms with Gasteiger partial charge in [0.1, 0.15) is 0 Å². The van der Waals surface area contributed by atoms with Crippen molar-refractivity contribution in [3.8, 4) is 0 Å². The summed E-state index contributed by atoms with van der Waals surface area (Å²) in [7, 11) is 0. The molecule has 1 atom stereocenters. The van der Waals surface area contributed by atoms with Crippen LogP contribution in [0.15, 0.2) is 24.3 Å². The molecule has 1 aromatic rings. The van der Waals surface area contributed by atoms with E-state index in [1.807, 2.05) is 38.1 Å². The second-order valence-corrected chi connectivity index (χ2v) is 4.21. The molecule has 4 heteroatoms. The molecule has 1 rings (SSSR count). The molecule has 18 heavy (non-hydrogen) atoms. The predicted molar refractivity (Wildman–Crippen MR) is 72.6 cm³/mol. The van der Waals surface area contributed by atoms with Gasteiger partial charge in [0, 0.05) is 18.7 Å². The third-order valence-corrected chi connectivity index (χ3v) is 2.65. The molecule has 0 bridgehead atoms. The quantitative estimate of drug-likeness (QED) is 0.767. The predicted octanol–water partition coefficient (Wildman–Crippen LogP) is 1.34. The maximum atomic E-state index is 11.8. The van der Waals surface area contributed by atoms with Crippen molar-refractivity contribution in [1.82, 2.24) is 5.32 Å². The molecule has 0 aliphatic carbocycles. The summed E-state index contributed by atoms with van der Waals surface area (Å²) in [5.41, 5.74) is 7.29. The second-order valence-electron chi connectivity index (χ2n) is 4.21. The molecule has 0 fully saturated rings. The molecule has 0 saturated heterocycles. The van der Waals surface area contributed by atoms with Crippen LogP contribution in [0, 0.1) is 0 Å². The van der Waals surface area contributed by atoms with Gasteiger partial charge in [-0.25, -0.2) is 0 Å². The van der Waals surface area contributed by atoms with E-state index in [1.54, 1.807) is 0 Å². The Hall–Kier alpha value is -1.39. The summed E-state index contributed by atoms with van der Waals surface area (Å²) in [6.07, 6.45) is 0.874. The Balaban J connectivity index is 2.46. The lowest BCUT2D eigenvalue weighted by Crippen LogP contribution is -2.32. The van der Waals surface area contributed by atoms with E-state index in [0.717, 1.165) is 12.0 Å². The van der Waals surface area contributed by atoms with Crippen LogP contribution in [0.3, 0.4) is 0 Å². The fourth-order valence-corrected chi connectivity index (χ4v) is 1.67. The zero-order chi connectivity index (χ0) is 13.4. The van der Waals surface area contributed by atoms with E-state index in [4.69, 9.17) is 10.5 Å². The lowest BCUT2D eigenvalue weighted by molar-refractivity contribution is 0.0695. The van der Waals surface area contributed by atoms with Gasteiger partial charge in [0.25, 0.3) is 5.91 Å². The summed E-state index contributed by atoms with van der Waals surface area (Å²) in [6.45, 7) is 5.68. The molecular formula is C14H22N2O2. The topological polar surface area (TPSA) is 64.3 Å². The van der Waals surface area contributed by atoms with Gasteiger partial charge in [0.15, 0.2) is 0 Å². The highest BCUT2D eigenvalue weighted by molar-refractivity contribution is 5.94. The Labute approximate surface area is 109 Å². The molecule has 3 N–H and O–H groups in total. The van der Waals surface area contributed by atoms with Crippen LogP contribution in [-0.4, -0.2) is 31.7 Å². The number of carbonyl (C=O) groups is 1. The highest BCUT2D eigenvalue weighted by atomic mass is 16.5. The van der Waals surface area contributed by atoms with Gasteiger partial charge < -0.3 is 15.8 Å². The second kappa shape index (κ2) is 7.84. The standard InChI is InChI=1S/C14H22N2O2/c1-3-18-11(2)10-16-14(17)13-6-4-12(5-7-13)8-9-15/h4-7,11H,3,8-10,15H2,1-2H3,(H,16,17). The van der Waals surface area contributed by atoms with Crippen molar-refractivity contribution in [1.29, 1.82) is 0 Å². The third kappa shape index (κ3) is 4.85. The molecule has 0 aromatic heterocycles. The number of nitrogens with two attached hydrogens (primary N) is 1. The summed E-state index contributed by atoms with van der Waals surface area (Å²) in [5, 5.41) is 2.85. The molecule has 1 aromatic carbocycles. The van der Waals surface area contributed by atoms with Crippen molar-refractivity contribution < 1.29 is 9.53 Å². The van der Waals surface area contributed by atoms with Crippen molar-refractivity contribution in [3.63, 3.8) is 0 Å². The van der Waals surface area contributed by atoms with Crippen molar-refractivity contribution in [2.75, 3.05) is 19.7 Å². The Morgan fingerprint density at radius 1 is 1.39 bits per heavy atom. The summed E-state index contributed by atoms with van der Waals surface area (Å²) in [4.78, 5) is 11.8. The Morgan fingerprint density at radius 2 is 2.06 bits per heavy atom. The molecule has 0 spiro atoms. The van der Waals surface area contributed by atoms with Crippen LogP contribution in [0.2, 0.25) is 0 Å². The van der Waals surface area contributed by atoms with E-state index < -0.39 is 0 Å². The van der Waals surface area contributed by atoms with Gasteiger partial charge in [-0.3, -0.25) is 4.79 Å². The lowest BCUT2D eigenvalue weighted by Gasteiger charge is -2.12. The smallest absolute Gasteiger partial charge is 0.251 e. The van der Waals surface area contributed by atoms with Gasteiger partial charge in [-0.2, -0.15) is 0 Å². The summed E-state index contributed by atoms with van der Waals surface area (Å²) >= 11 is 0. The van der Waals surface area contributed by atoms with Crippen LogP contribution >= 0.6 is 0 Å². The number of hydrogen-bond acceptors (Lipinski definition) is 3. The Morgan fingerprint density at radius 3 is 2.61 bits per heavy atom. The van der Waals surface area contributed by atoms with Gasteiger partial charge in [-0.1, -0.05) is 12.1 Å². The number of benzene rings is 1. The average Bonchev–Trinajstić information content (AvgIpc) is 2.37. The first-order valence-electron chi connectivity index (χ1n) is 6.36. The first kappa shape index (κ1) is 14.7. The third-order valence-electron chi connectivity index (χ3n) is 2.65. The molecule has 0 aliphatic rings. The summed E-state index contributed by atoms with van der Waals surface area (Å²) in [6, 6.07) is 7.53. The van der Waals surface area contributed by atoms with E-state index in [1.165, 1.54) is 0 Å². The summed E-state index contributed by atoms with van der Waals surface area (Å²) in [5.74, 6) is -0.0687. The van der Waals surface area contributed by atoms with Gasteiger partial charge >= 0.3 is 0 Å². The minimum atomic E-state index is -0.0687. The van der Waals surface area contributed by atoms with Crippen molar-refractivity contribution >= 4 is 5.91 Å². The number of hydrogen-bond donors (Lipinski definition) is 2.